The van der Waals surface area contributed by atoms with Gasteiger partial charge in [-0.1, -0.05) is 0 Å². The maximum absolute atomic E-state index is 14.0. The first-order valence-corrected chi connectivity index (χ1v) is 7.90. The second-order valence-electron chi connectivity index (χ2n) is 6.04. The summed E-state index contributed by atoms with van der Waals surface area (Å²) in [7, 11) is 1.63. The van der Waals surface area contributed by atoms with Crippen LogP contribution in [-0.4, -0.2) is 53.6 Å². The van der Waals surface area contributed by atoms with Crippen LogP contribution < -0.4 is 0 Å². The third kappa shape index (κ3) is 4.49. The maximum Gasteiger partial charge on any atom is 0.223 e. The molecule has 1 aliphatic heterocycles. The number of carbonyl (C=O) groups is 1. The number of amides is 1. The van der Waals surface area contributed by atoms with Gasteiger partial charge in [0.05, 0.1) is 18.6 Å². The summed E-state index contributed by atoms with van der Waals surface area (Å²) in [5.74, 6) is -1.16. The zero-order valence-electron chi connectivity index (χ0n) is 13.6. The summed E-state index contributed by atoms with van der Waals surface area (Å²) < 4.78 is 27.4. The molecule has 2 atom stereocenters. The van der Waals surface area contributed by atoms with E-state index in [0.717, 1.165) is 18.2 Å². The van der Waals surface area contributed by atoms with Crippen LogP contribution in [0.1, 0.15) is 30.9 Å². The van der Waals surface area contributed by atoms with Crippen molar-refractivity contribution in [3.05, 3.63) is 35.4 Å². The van der Waals surface area contributed by atoms with Crippen LogP contribution in [0.15, 0.2) is 18.2 Å². The number of carbonyl (C=O) groups excluding carboxylic acids is 1. The number of aliphatic hydroxyl groups is 1. The number of hydrogen-bond acceptors (Lipinski definition) is 4. The Kier molecular flexibility index (Phi) is 6.23. The molecule has 0 saturated carbocycles. The van der Waals surface area contributed by atoms with Crippen molar-refractivity contribution in [1.82, 2.24) is 9.80 Å². The minimum atomic E-state index is -0.635. The third-order valence-electron chi connectivity index (χ3n) is 4.30. The van der Waals surface area contributed by atoms with Crippen LogP contribution in [0, 0.1) is 23.0 Å². The summed E-state index contributed by atoms with van der Waals surface area (Å²) in [6.45, 7) is 1.02. The average Bonchev–Trinajstić information content (AvgIpc) is 2.93. The zero-order valence-corrected chi connectivity index (χ0v) is 13.6. The quantitative estimate of drug-likeness (QED) is 0.860. The molecule has 0 bridgehead atoms. The Balaban J connectivity index is 2.02. The number of halogens is 2. The number of nitrogens with zero attached hydrogens (tertiary/aromatic N) is 3. The first-order chi connectivity index (χ1) is 11.4. The van der Waals surface area contributed by atoms with Crippen LogP contribution in [0.5, 0.6) is 0 Å². The topological polar surface area (TPSA) is 67.6 Å². The number of likely N-dealkylation sites (tertiary alicyclic amines) is 1. The van der Waals surface area contributed by atoms with E-state index < -0.39 is 23.8 Å². The number of rotatable bonds is 6. The molecule has 0 aliphatic carbocycles. The van der Waals surface area contributed by atoms with Crippen LogP contribution >= 0.6 is 0 Å². The van der Waals surface area contributed by atoms with E-state index in [-0.39, 0.29) is 24.3 Å². The molecule has 1 fully saturated rings. The molecule has 130 valence electrons. The number of aliphatic hydroxyl groups excluding tert-OH is 1. The fraction of sp³-hybridized carbons (Fsp3) is 0.529. The molecule has 1 aromatic carbocycles. The van der Waals surface area contributed by atoms with Gasteiger partial charge < -0.3 is 10.0 Å². The van der Waals surface area contributed by atoms with Crippen LogP contribution in [-0.2, 0) is 4.79 Å². The molecule has 1 aliphatic rings. The molecule has 24 heavy (non-hydrogen) atoms. The fourth-order valence-electron chi connectivity index (χ4n) is 2.99. The van der Waals surface area contributed by atoms with Gasteiger partial charge in [0.1, 0.15) is 11.6 Å². The first kappa shape index (κ1) is 18.3. The van der Waals surface area contributed by atoms with E-state index in [2.05, 4.69) is 0 Å². The largest absolute Gasteiger partial charge is 0.392 e. The molecule has 0 aromatic heterocycles. The Morgan fingerprint density at radius 2 is 2.25 bits per heavy atom. The number of hydrogen-bond donors (Lipinski definition) is 1. The Morgan fingerprint density at radius 1 is 1.50 bits per heavy atom. The molecule has 0 radical (unpaired) electrons. The smallest absolute Gasteiger partial charge is 0.223 e. The van der Waals surface area contributed by atoms with Gasteiger partial charge in [0, 0.05) is 44.7 Å². The minimum Gasteiger partial charge on any atom is -0.392 e. The van der Waals surface area contributed by atoms with Crippen molar-refractivity contribution in [1.29, 1.82) is 5.26 Å². The van der Waals surface area contributed by atoms with Crippen LogP contribution in [0.3, 0.4) is 0 Å². The molecule has 7 heteroatoms. The summed E-state index contributed by atoms with van der Waals surface area (Å²) in [5, 5.41) is 18.4. The van der Waals surface area contributed by atoms with Gasteiger partial charge in [-0.25, -0.2) is 8.78 Å². The van der Waals surface area contributed by atoms with Crippen molar-refractivity contribution in [2.24, 2.45) is 0 Å². The van der Waals surface area contributed by atoms with E-state index in [4.69, 9.17) is 5.26 Å². The molecule has 0 unspecified atom stereocenters. The van der Waals surface area contributed by atoms with Gasteiger partial charge >= 0.3 is 0 Å². The van der Waals surface area contributed by atoms with Crippen LogP contribution in [0.2, 0.25) is 0 Å². The van der Waals surface area contributed by atoms with E-state index in [1.165, 1.54) is 4.90 Å². The lowest BCUT2D eigenvalue weighted by Crippen LogP contribution is -2.33. The highest BCUT2D eigenvalue weighted by Gasteiger charge is 2.34. The fourth-order valence-corrected chi connectivity index (χ4v) is 2.99. The van der Waals surface area contributed by atoms with E-state index in [1.54, 1.807) is 11.9 Å². The predicted octanol–water partition coefficient (Wildman–Crippen LogP) is 1.83. The Labute approximate surface area is 140 Å². The predicted molar refractivity (Wildman–Crippen MR) is 83.8 cm³/mol. The van der Waals surface area contributed by atoms with Gasteiger partial charge in [-0.05, 0) is 24.6 Å². The summed E-state index contributed by atoms with van der Waals surface area (Å²) in [4.78, 5) is 15.3. The van der Waals surface area contributed by atoms with Gasteiger partial charge in [0.15, 0.2) is 0 Å². The lowest BCUT2D eigenvalue weighted by atomic mass is 10.0. The summed E-state index contributed by atoms with van der Waals surface area (Å²) in [6, 6.07) is 4.81. The molecule has 1 saturated heterocycles. The van der Waals surface area contributed by atoms with Crippen molar-refractivity contribution in [3.63, 3.8) is 0 Å². The monoisotopic (exact) mass is 337 g/mol. The molecule has 1 heterocycles. The number of benzene rings is 1. The van der Waals surface area contributed by atoms with E-state index in [0.29, 0.717) is 26.1 Å². The first-order valence-electron chi connectivity index (χ1n) is 7.90. The lowest BCUT2D eigenvalue weighted by molar-refractivity contribution is -0.130. The molecule has 5 nitrogen and oxygen atoms in total. The van der Waals surface area contributed by atoms with Crippen molar-refractivity contribution in [2.45, 2.75) is 31.4 Å². The number of nitriles is 1. The summed E-state index contributed by atoms with van der Waals surface area (Å²) in [6.07, 6.45) is 0.131. The average molecular weight is 337 g/mol. The zero-order chi connectivity index (χ0) is 17.7. The molecular weight excluding hydrogens is 316 g/mol. The van der Waals surface area contributed by atoms with E-state index in [1.807, 2.05) is 6.07 Å². The van der Waals surface area contributed by atoms with Crippen molar-refractivity contribution in [2.75, 3.05) is 26.7 Å². The molecule has 0 spiro atoms. The second-order valence-corrected chi connectivity index (χ2v) is 6.04. The molecular formula is C17H21F2N3O2. The van der Waals surface area contributed by atoms with Crippen LogP contribution in [0.4, 0.5) is 8.78 Å². The molecule has 1 N–H and O–H groups in total. The van der Waals surface area contributed by atoms with E-state index >= 15 is 0 Å². The highest BCUT2D eigenvalue weighted by Crippen LogP contribution is 2.34. The van der Waals surface area contributed by atoms with Gasteiger partial charge in [0.25, 0.3) is 0 Å². The summed E-state index contributed by atoms with van der Waals surface area (Å²) in [5.41, 5.74) is 0.205. The highest BCUT2D eigenvalue weighted by molar-refractivity contribution is 5.76. The van der Waals surface area contributed by atoms with Crippen molar-refractivity contribution < 1.29 is 18.7 Å². The lowest BCUT2D eigenvalue weighted by Gasteiger charge is -2.25. The van der Waals surface area contributed by atoms with Crippen molar-refractivity contribution >= 4 is 5.91 Å². The van der Waals surface area contributed by atoms with Gasteiger partial charge in [-0.15, -0.1) is 0 Å². The normalized spacial score (nSPS) is 20.8. The molecule has 1 aromatic rings. The van der Waals surface area contributed by atoms with Crippen molar-refractivity contribution in [3.8, 4) is 6.07 Å². The maximum atomic E-state index is 14.0. The molecule has 2 rings (SSSR count). The van der Waals surface area contributed by atoms with Crippen LogP contribution in [0.25, 0.3) is 0 Å². The minimum absolute atomic E-state index is 0.120. The standard InChI is InChI=1S/C17H21F2N3O2/c1-21(7-2-6-20)17(24)5-8-22-11-13(23)10-16(22)14-9-12(18)3-4-15(14)19/h3-4,9,13,16,23H,2,5,7-8,10-11H2,1H3/t13-,16+/m1/s1. The highest BCUT2D eigenvalue weighted by atomic mass is 19.1. The van der Waals surface area contributed by atoms with Gasteiger partial charge in [0.2, 0.25) is 5.91 Å². The Hall–Kier alpha value is -2.04. The summed E-state index contributed by atoms with van der Waals surface area (Å²) >= 11 is 0. The Bertz CT molecular complexity index is 633. The SMILES string of the molecule is CN(CCC#N)C(=O)CCN1C[C@H](O)C[C@H]1c1cc(F)ccc1F. The second kappa shape index (κ2) is 8.18. The van der Waals surface area contributed by atoms with Gasteiger partial charge in [-0.2, -0.15) is 5.26 Å². The number of β-amino-alcohol motifs (C(OH)–C–C–N with tert-alkyl or cyclic N) is 1. The van der Waals surface area contributed by atoms with E-state index in [9.17, 15) is 18.7 Å². The molecule has 1 amide bonds. The van der Waals surface area contributed by atoms with Gasteiger partial charge in [-0.3, -0.25) is 9.69 Å². The Morgan fingerprint density at radius 3 is 2.96 bits per heavy atom. The third-order valence-corrected chi connectivity index (χ3v) is 4.30.